The van der Waals surface area contributed by atoms with Gasteiger partial charge in [-0.1, -0.05) is 78.4 Å². The van der Waals surface area contributed by atoms with E-state index in [2.05, 4.69) is 4.98 Å². The van der Waals surface area contributed by atoms with Crippen LogP contribution in [0.1, 0.15) is 5.56 Å². The van der Waals surface area contributed by atoms with E-state index in [0.717, 1.165) is 22.5 Å². The van der Waals surface area contributed by atoms with Crippen LogP contribution in [0.5, 0.6) is 0 Å². The number of H-pyrrole nitrogens is 1. The number of aryl methyl sites for hydroxylation is 1. The molecule has 0 unspecified atom stereocenters. The number of aromatic amines is 1. The first-order valence-electron chi connectivity index (χ1n) is 9.55. The SMILES string of the molecule is Cc1ccc(-c2nn(-c3ccccc3)c3[nH]c(-c4ccccc4)cc(=O)c23)cc1. The van der Waals surface area contributed by atoms with Gasteiger partial charge in [-0.3, -0.25) is 4.79 Å². The predicted molar refractivity (Wildman–Crippen MR) is 117 cm³/mol. The lowest BCUT2D eigenvalue weighted by Crippen LogP contribution is -2.05. The van der Waals surface area contributed by atoms with Gasteiger partial charge in [0, 0.05) is 11.6 Å². The van der Waals surface area contributed by atoms with Crippen LogP contribution in [-0.4, -0.2) is 14.8 Å². The van der Waals surface area contributed by atoms with Gasteiger partial charge in [-0.05, 0) is 24.6 Å². The lowest BCUT2D eigenvalue weighted by atomic mass is 10.1. The first kappa shape index (κ1) is 17.2. The molecule has 0 aliphatic heterocycles. The molecule has 0 spiro atoms. The number of fused-ring (bicyclic) bond motifs is 1. The van der Waals surface area contributed by atoms with Crippen molar-refractivity contribution < 1.29 is 0 Å². The number of para-hydroxylation sites is 1. The second-order valence-electron chi connectivity index (χ2n) is 7.10. The molecule has 3 aromatic carbocycles. The number of pyridine rings is 1. The molecule has 0 radical (unpaired) electrons. The molecule has 0 saturated heterocycles. The summed E-state index contributed by atoms with van der Waals surface area (Å²) in [6, 6.07) is 29.5. The third-order valence-electron chi connectivity index (χ3n) is 5.07. The Morgan fingerprint density at radius 2 is 1.45 bits per heavy atom. The summed E-state index contributed by atoms with van der Waals surface area (Å²) in [4.78, 5) is 16.7. The van der Waals surface area contributed by atoms with E-state index >= 15 is 0 Å². The normalized spacial score (nSPS) is 11.1. The molecule has 2 aromatic heterocycles. The summed E-state index contributed by atoms with van der Waals surface area (Å²) < 4.78 is 1.82. The van der Waals surface area contributed by atoms with E-state index in [-0.39, 0.29) is 5.43 Å². The zero-order valence-corrected chi connectivity index (χ0v) is 16.0. The Hall–Kier alpha value is -3.92. The molecule has 5 rings (SSSR count). The van der Waals surface area contributed by atoms with Crippen molar-refractivity contribution in [2.45, 2.75) is 6.92 Å². The minimum Gasteiger partial charge on any atom is -0.339 e. The minimum absolute atomic E-state index is 0.0460. The molecule has 0 fully saturated rings. The third kappa shape index (κ3) is 3.05. The number of hydrogen-bond acceptors (Lipinski definition) is 2. The summed E-state index contributed by atoms with van der Waals surface area (Å²) in [6.07, 6.45) is 0. The fourth-order valence-electron chi connectivity index (χ4n) is 3.58. The van der Waals surface area contributed by atoms with Crippen LogP contribution in [0.2, 0.25) is 0 Å². The Balaban J connectivity index is 1.83. The number of nitrogens with zero attached hydrogens (tertiary/aromatic N) is 2. The Labute approximate surface area is 168 Å². The average Bonchev–Trinajstić information content (AvgIpc) is 3.16. The first-order chi connectivity index (χ1) is 14.2. The molecule has 0 amide bonds. The summed E-state index contributed by atoms with van der Waals surface area (Å²) in [7, 11) is 0. The number of nitrogens with one attached hydrogen (secondary N) is 1. The van der Waals surface area contributed by atoms with E-state index in [0.29, 0.717) is 16.7 Å². The molecule has 140 valence electrons. The van der Waals surface area contributed by atoms with E-state index in [4.69, 9.17) is 5.10 Å². The van der Waals surface area contributed by atoms with Crippen LogP contribution < -0.4 is 5.43 Å². The van der Waals surface area contributed by atoms with E-state index in [9.17, 15) is 4.79 Å². The summed E-state index contributed by atoms with van der Waals surface area (Å²) in [5.41, 5.74) is 6.06. The molecular weight excluding hydrogens is 358 g/mol. The Bertz CT molecular complexity index is 1350. The topological polar surface area (TPSA) is 50.7 Å². The maximum absolute atomic E-state index is 13.2. The predicted octanol–water partition coefficient (Wildman–Crippen LogP) is 5.36. The van der Waals surface area contributed by atoms with Crippen LogP contribution in [0.15, 0.2) is 95.8 Å². The second-order valence-corrected chi connectivity index (χ2v) is 7.10. The van der Waals surface area contributed by atoms with Gasteiger partial charge in [-0.15, -0.1) is 0 Å². The Morgan fingerprint density at radius 1 is 0.793 bits per heavy atom. The van der Waals surface area contributed by atoms with Gasteiger partial charge in [0.05, 0.1) is 16.8 Å². The van der Waals surface area contributed by atoms with E-state index in [1.54, 1.807) is 6.07 Å². The van der Waals surface area contributed by atoms with Crippen molar-refractivity contribution in [3.05, 3.63) is 107 Å². The van der Waals surface area contributed by atoms with Crippen LogP contribution in [0, 0.1) is 6.92 Å². The highest BCUT2D eigenvalue weighted by molar-refractivity contribution is 5.93. The van der Waals surface area contributed by atoms with Crippen molar-refractivity contribution in [3.63, 3.8) is 0 Å². The van der Waals surface area contributed by atoms with Gasteiger partial charge in [0.2, 0.25) is 0 Å². The Morgan fingerprint density at radius 3 is 2.14 bits per heavy atom. The van der Waals surface area contributed by atoms with E-state index in [1.165, 1.54) is 5.56 Å². The molecule has 5 aromatic rings. The monoisotopic (exact) mass is 377 g/mol. The quantitative estimate of drug-likeness (QED) is 0.460. The molecule has 0 bridgehead atoms. The highest BCUT2D eigenvalue weighted by atomic mass is 16.1. The van der Waals surface area contributed by atoms with Crippen molar-refractivity contribution in [1.29, 1.82) is 0 Å². The van der Waals surface area contributed by atoms with Gasteiger partial charge in [-0.2, -0.15) is 5.10 Å². The van der Waals surface area contributed by atoms with E-state index in [1.807, 2.05) is 96.5 Å². The summed E-state index contributed by atoms with van der Waals surface area (Å²) >= 11 is 0. The first-order valence-corrected chi connectivity index (χ1v) is 9.55. The molecule has 0 aliphatic carbocycles. The van der Waals surface area contributed by atoms with Crippen LogP contribution in [0.3, 0.4) is 0 Å². The molecule has 2 heterocycles. The molecule has 0 saturated carbocycles. The summed E-state index contributed by atoms with van der Waals surface area (Å²) in [6.45, 7) is 2.05. The molecule has 29 heavy (non-hydrogen) atoms. The lowest BCUT2D eigenvalue weighted by molar-refractivity contribution is 0.901. The lowest BCUT2D eigenvalue weighted by Gasteiger charge is -2.06. The minimum atomic E-state index is -0.0460. The molecule has 4 nitrogen and oxygen atoms in total. The van der Waals surface area contributed by atoms with Crippen molar-refractivity contribution in [3.8, 4) is 28.2 Å². The van der Waals surface area contributed by atoms with Crippen LogP contribution >= 0.6 is 0 Å². The standard InChI is InChI=1S/C25H19N3O/c1-17-12-14-19(15-13-17)24-23-22(29)16-21(18-8-4-2-5-9-18)26-25(23)28(27-24)20-10-6-3-7-11-20/h2-16H,1H3,(H,26,29). The average molecular weight is 377 g/mol. The fraction of sp³-hybridized carbons (Fsp3) is 0.0400. The van der Waals surface area contributed by atoms with Gasteiger partial charge in [-0.25, -0.2) is 4.68 Å². The van der Waals surface area contributed by atoms with Gasteiger partial charge < -0.3 is 4.98 Å². The van der Waals surface area contributed by atoms with Gasteiger partial charge in [0.25, 0.3) is 0 Å². The molecule has 4 heteroatoms. The highest BCUT2D eigenvalue weighted by Crippen LogP contribution is 2.28. The summed E-state index contributed by atoms with van der Waals surface area (Å²) in [5, 5.41) is 5.44. The van der Waals surface area contributed by atoms with Crippen molar-refractivity contribution in [1.82, 2.24) is 14.8 Å². The highest BCUT2D eigenvalue weighted by Gasteiger charge is 2.18. The van der Waals surface area contributed by atoms with Gasteiger partial charge in [0.15, 0.2) is 5.43 Å². The van der Waals surface area contributed by atoms with Crippen molar-refractivity contribution in [2.24, 2.45) is 0 Å². The Kier molecular flexibility index (Phi) is 4.10. The molecule has 1 N–H and O–H groups in total. The molecular formula is C25H19N3O. The second kappa shape index (κ2) is 6.91. The van der Waals surface area contributed by atoms with Crippen LogP contribution in [0.25, 0.3) is 39.2 Å². The smallest absolute Gasteiger partial charge is 0.193 e. The third-order valence-corrected chi connectivity index (χ3v) is 5.07. The number of hydrogen-bond donors (Lipinski definition) is 1. The largest absolute Gasteiger partial charge is 0.339 e. The van der Waals surface area contributed by atoms with Crippen molar-refractivity contribution in [2.75, 3.05) is 0 Å². The summed E-state index contributed by atoms with van der Waals surface area (Å²) in [5.74, 6) is 0. The van der Waals surface area contributed by atoms with Crippen LogP contribution in [0.4, 0.5) is 0 Å². The maximum atomic E-state index is 13.2. The van der Waals surface area contributed by atoms with Gasteiger partial charge >= 0.3 is 0 Å². The van der Waals surface area contributed by atoms with Crippen LogP contribution in [-0.2, 0) is 0 Å². The molecule has 0 aliphatic rings. The zero-order chi connectivity index (χ0) is 19.8. The number of benzene rings is 3. The maximum Gasteiger partial charge on any atom is 0.193 e. The number of rotatable bonds is 3. The van der Waals surface area contributed by atoms with Gasteiger partial charge in [0.1, 0.15) is 11.3 Å². The number of aromatic nitrogens is 3. The van der Waals surface area contributed by atoms with Crippen molar-refractivity contribution >= 4 is 11.0 Å². The van der Waals surface area contributed by atoms with E-state index < -0.39 is 0 Å². The fourth-order valence-corrected chi connectivity index (χ4v) is 3.58. The molecule has 0 atom stereocenters. The zero-order valence-electron chi connectivity index (χ0n) is 16.0.